The number of benzene rings is 1. The molecular formula is C24H24F2N4O3. The number of aliphatic hydroxyl groups is 1. The third kappa shape index (κ3) is 4.59. The van der Waals surface area contributed by atoms with E-state index in [2.05, 4.69) is 15.4 Å². The Morgan fingerprint density at radius 3 is 2.88 bits per heavy atom. The van der Waals surface area contributed by atoms with Crippen molar-refractivity contribution in [3.8, 4) is 11.4 Å². The standard InChI is InChI=1S/C24H24F2N4O3/c25-24(26)8-6-21(31)20(14-24)29-23(32)19-13-16(22-18(28-19)7-11-33-22)12-15-2-4-17(5-3-15)30-10-1-9-27-30/h1-5,9-10,13,20-21,31H,6-8,11-12,14H2,(H,29,32)/t20-,21-/m0/s1. The summed E-state index contributed by atoms with van der Waals surface area (Å²) < 4.78 is 35.1. The second-order valence-corrected chi connectivity index (χ2v) is 8.58. The van der Waals surface area contributed by atoms with Crippen LogP contribution in [0.4, 0.5) is 8.78 Å². The van der Waals surface area contributed by atoms with Gasteiger partial charge in [-0.1, -0.05) is 12.1 Å². The number of carbonyl (C=O) groups is 1. The Bertz CT molecular complexity index is 1150. The van der Waals surface area contributed by atoms with Gasteiger partial charge in [0.05, 0.1) is 30.1 Å². The minimum absolute atomic E-state index is 0.0524. The second-order valence-electron chi connectivity index (χ2n) is 8.58. The molecular weight excluding hydrogens is 430 g/mol. The van der Waals surface area contributed by atoms with Crippen LogP contribution in [0, 0.1) is 0 Å². The molecule has 1 aliphatic heterocycles. The van der Waals surface area contributed by atoms with E-state index >= 15 is 0 Å². The number of hydrogen-bond donors (Lipinski definition) is 2. The highest BCUT2D eigenvalue weighted by molar-refractivity contribution is 5.93. The molecule has 5 rings (SSSR count). The molecule has 2 atom stereocenters. The summed E-state index contributed by atoms with van der Waals surface area (Å²) in [5, 5.41) is 16.9. The van der Waals surface area contributed by atoms with E-state index in [0.29, 0.717) is 30.9 Å². The molecule has 0 radical (unpaired) electrons. The summed E-state index contributed by atoms with van der Waals surface area (Å²) in [5.74, 6) is -2.79. The van der Waals surface area contributed by atoms with Gasteiger partial charge in [0, 0.05) is 43.6 Å². The summed E-state index contributed by atoms with van der Waals surface area (Å²) in [4.78, 5) is 17.3. The Balaban J connectivity index is 1.36. The van der Waals surface area contributed by atoms with Crippen LogP contribution >= 0.6 is 0 Å². The maximum atomic E-state index is 13.8. The fourth-order valence-corrected chi connectivity index (χ4v) is 4.40. The third-order valence-corrected chi connectivity index (χ3v) is 6.14. The molecule has 2 aromatic heterocycles. The molecule has 1 amide bonds. The van der Waals surface area contributed by atoms with E-state index in [-0.39, 0.29) is 18.5 Å². The molecule has 0 unspecified atom stereocenters. The lowest BCUT2D eigenvalue weighted by Crippen LogP contribution is -2.50. The highest BCUT2D eigenvalue weighted by atomic mass is 19.3. The Kier molecular flexibility index (Phi) is 5.57. The molecule has 1 fully saturated rings. The van der Waals surface area contributed by atoms with Crippen LogP contribution in [0.3, 0.4) is 0 Å². The van der Waals surface area contributed by atoms with Crippen molar-refractivity contribution in [1.29, 1.82) is 0 Å². The molecule has 2 N–H and O–H groups in total. The predicted octanol–water partition coefficient (Wildman–Crippen LogP) is 3.07. The maximum Gasteiger partial charge on any atom is 0.270 e. The van der Waals surface area contributed by atoms with E-state index in [1.54, 1.807) is 16.9 Å². The molecule has 2 aliphatic rings. The quantitative estimate of drug-likeness (QED) is 0.619. The number of aliphatic hydroxyl groups excluding tert-OH is 1. The average Bonchev–Trinajstić information content (AvgIpc) is 3.49. The summed E-state index contributed by atoms with van der Waals surface area (Å²) in [6.07, 6.45) is 2.67. The number of halogens is 2. The number of amides is 1. The molecule has 3 aromatic rings. The second kappa shape index (κ2) is 8.55. The van der Waals surface area contributed by atoms with Crippen molar-refractivity contribution in [1.82, 2.24) is 20.1 Å². The van der Waals surface area contributed by atoms with Crippen LogP contribution in [0.25, 0.3) is 5.69 Å². The van der Waals surface area contributed by atoms with Crippen LogP contribution in [0.2, 0.25) is 0 Å². The molecule has 3 heterocycles. The Morgan fingerprint density at radius 2 is 2.12 bits per heavy atom. The van der Waals surface area contributed by atoms with Crippen molar-refractivity contribution in [2.45, 2.75) is 50.2 Å². The molecule has 7 nitrogen and oxygen atoms in total. The van der Waals surface area contributed by atoms with Crippen molar-refractivity contribution in [2.75, 3.05) is 6.61 Å². The van der Waals surface area contributed by atoms with Gasteiger partial charge in [0.15, 0.2) is 0 Å². The number of ether oxygens (including phenoxy) is 1. The first-order valence-corrected chi connectivity index (χ1v) is 11.0. The van der Waals surface area contributed by atoms with Crippen molar-refractivity contribution in [3.05, 3.63) is 71.3 Å². The van der Waals surface area contributed by atoms with Gasteiger partial charge in [-0.25, -0.2) is 18.4 Å². The lowest BCUT2D eigenvalue weighted by Gasteiger charge is -2.33. The van der Waals surface area contributed by atoms with E-state index in [9.17, 15) is 18.7 Å². The molecule has 0 spiro atoms. The normalized spacial score (nSPS) is 21.3. The van der Waals surface area contributed by atoms with E-state index < -0.39 is 30.4 Å². The van der Waals surface area contributed by atoms with Gasteiger partial charge >= 0.3 is 0 Å². The average molecular weight is 454 g/mol. The van der Waals surface area contributed by atoms with Gasteiger partial charge in [0.1, 0.15) is 11.4 Å². The molecule has 9 heteroatoms. The Morgan fingerprint density at radius 1 is 1.30 bits per heavy atom. The molecule has 172 valence electrons. The first-order valence-electron chi connectivity index (χ1n) is 11.0. The van der Waals surface area contributed by atoms with E-state index in [4.69, 9.17) is 4.74 Å². The fourth-order valence-electron chi connectivity index (χ4n) is 4.40. The van der Waals surface area contributed by atoms with Crippen LogP contribution in [0.1, 0.15) is 46.6 Å². The molecule has 0 bridgehead atoms. The number of carbonyl (C=O) groups excluding carboxylic acids is 1. The van der Waals surface area contributed by atoms with Crippen molar-refractivity contribution < 1.29 is 23.4 Å². The van der Waals surface area contributed by atoms with Crippen LogP contribution in [0.15, 0.2) is 48.8 Å². The van der Waals surface area contributed by atoms with Gasteiger partial charge in [-0.15, -0.1) is 0 Å². The number of nitrogens with one attached hydrogen (secondary N) is 1. The summed E-state index contributed by atoms with van der Waals surface area (Å²) in [7, 11) is 0. The minimum Gasteiger partial charge on any atom is -0.491 e. The van der Waals surface area contributed by atoms with Crippen LogP contribution < -0.4 is 10.1 Å². The number of fused-ring (bicyclic) bond motifs is 1. The van der Waals surface area contributed by atoms with Gasteiger partial charge in [0.25, 0.3) is 5.91 Å². The van der Waals surface area contributed by atoms with E-state index in [0.717, 1.165) is 16.8 Å². The largest absolute Gasteiger partial charge is 0.491 e. The predicted molar refractivity (Wildman–Crippen MR) is 116 cm³/mol. The van der Waals surface area contributed by atoms with Gasteiger partial charge in [0.2, 0.25) is 5.92 Å². The number of pyridine rings is 1. The summed E-state index contributed by atoms with van der Waals surface area (Å²) in [6, 6.07) is 10.4. The topological polar surface area (TPSA) is 89.3 Å². The summed E-state index contributed by atoms with van der Waals surface area (Å²) >= 11 is 0. The first-order chi connectivity index (χ1) is 15.9. The Labute approximate surface area is 189 Å². The molecule has 33 heavy (non-hydrogen) atoms. The SMILES string of the molecule is O=C(N[C@H]1CC(F)(F)CC[C@@H]1O)c1cc(Cc2ccc(-n3cccn3)cc2)c2c(n1)CCO2. The number of nitrogens with zero attached hydrogens (tertiary/aromatic N) is 3. The van der Waals surface area contributed by atoms with Crippen LogP contribution in [-0.4, -0.2) is 50.5 Å². The fraction of sp³-hybridized carbons (Fsp3) is 0.375. The lowest BCUT2D eigenvalue weighted by atomic mass is 9.89. The molecule has 1 saturated carbocycles. The van der Waals surface area contributed by atoms with Gasteiger partial charge in [-0.3, -0.25) is 4.79 Å². The lowest BCUT2D eigenvalue weighted by molar-refractivity contribution is -0.0768. The third-order valence-electron chi connectivity index (χ3n) is 6.14. The van der Waals surface area contributed by atoms with Crippen molar-refractivity contribution >= 4 is 5.91 Å². The number of alkyl halides is 2. The number of hydrogen-bond acceptors (Lipinski definition) is 5. The van der Waals surface area contributed by atoms with Gasteiger partial charge in [-0.05, 0) is 36.2 Å². The van der Waals surface area contributed by atoms with Crippen molar-refractivity contribution in [3.63, 3.8) is 0 Å². The first kappa shape index (κ1) is 21.5. The highest BCUT2D eigenvalue weighted by Gasteiger charge is 2.41. The van der Waals surface area contributed by atoms with Crippen LogP contribution in [-0.2, 0) is 12.8 Å². The smallest absolute Gasteiger partial charge is 0.270 e. The summed E-state index contributed by atoms with van der Waals surface area (Å²) in [5.41, 5.74) is 3.58. The van der Waals surface area contributed by atoms with Crippen LogP contribution in [0.5, 0.6) is 5.75 Å². The monoisotopic (exact) mass is 454 g/mol. The zero-order valence-corrected chi connectivity index (χ0v) is 17.9. The highest BCUT2D eigenvalue weighted by Crippen LogP contribution is 2.34. The van der Waals surface area contributed by atoms with Gasteiger partial charge in [-0.2, -0.15) is 5.10 Å². The minimum atomic E-state index is -2.90. The maximum absolute atomic E-state index is 13.8. The molecule has 1 aromatic carbocycles. The van der Waals surface area contributed by atoms with E-state index in [1.165, 1.54) is 0 Å². The van der Waals surface area contributed by atoms with Crippen molar-refractivity contribution in [2.24, 2.45) is 0 Å². The molecule has 0 saturated heterocycles. The van der Waals surface area contributed by atoms with E-state index in [1.807, 2.05) is 36.5 Å². The zero-order valence-electron chi connectivity index (χ0n) is 17.9. The zero-order chi connectivity index (χ0) is 23.0. The molecule has 1 aliphatic carbocycles. The number of aromatic nitrogens is 3. The Hall–Kier alpha value is -3.33. The number of rotatable bonds is 5. The van der Waals surface area contributed by atoms with Gasteiger partial charge < -0.3 is 15.2 Å². The summed E-state index contributed by atoms with van der Waals surface area (Å²) in [6.45, 7) is 0.478.